The number of fused-ring (bicyclic) bond motifs is 1. The first-order chi connectivity index (χ1) is 9.71. The van der Waals surface area contributed by atoms with Crippen molar-refractivity contribution in [3.63, 3.8) is 0 Å². The number of benzene rings is 1. The van der Waals surface area contributed by atoms with Crippen molar-refractivity contribution in [1.82, 2.24) is 4.90 Å². The van der Waals surface area contributed by atoms with E-state index in [9.17, 15) is 0 Å². The molecule has 2 unspecified atom stereocenters. The number of ether oxygens (including phenoxy) is 2. The topological polar surface area (TPSA) is 47.7 Å². The summed E-state index contributed by atoms with van der Waals surface area (Å²) in [6, 6.07) is 6.87. The fourth-order valence-electron chi connectivity index (χ4n) is 2.63. The SMILES string of the molecule is CCC(CSC)N(C)C(CN)c1ccc2c(c1)OCO2. The second-order valence-corrected chi connectivity index (χ2v) is 5.96. The lowest BCUT2D eigenvalue weighted by Crippen LogP contribution is -2.39. The highest BCUT2D eigenvalue weighted by Crippen LogP contribution is 2.35. The molecule has 0 fully saturated rings. The van der Waals surface area contributed by atoms with Crippen molar-refractivity contribution >= 4 is 11.8 Å². The van der Waals surface area contributed by atoms with Crippen LogP contribution in [0.25, 0.3) is 0 Å². The minimum Gasteiger partial charge on any atom is -0.454 e. The molecule has 2 N–H and O–H groups in total. The molecule has 1 aromatic carbocycles. The van der Waals surface area contributed by atoms with Crippen molar-refractivity contribution in [3.05, 3.63) is 23.8 Å². The second-order valence-electron chi connectivity index (χ2n) is 5.05. The van der Waals surface area contributed by atoms with Crippen molar-refractivity contribution in [3.8, 4) is 11.5 Å². The number of hydrogen-bond donors (Lipinski definition) is 1. The van der Waals surface area contributed by atoms with Gasteiger partial charge in [-0.2, -0.15) is 11.8 Å². The Hall–Kier alpha value is -0.910. The van der Waals surface area contributed by atoms with Crippen LogP contribution < -0.4 is 15.2 Å². The van der Waals surface area contributed by atoms with Crippen LogP contribution in [0.1, 0.15) is 24.9 Å². The van der Waals surface area contributed by atoms with E-state index in [0.29, 0.717) is 19.4 Å². The highest BCUT2D eigenvalue weighted by molar-refractivity contribution is 7.98. The summed E-state index contributed by atoms with van der Waals surface area (Å²) >= 11 is 1.88. The first kappa shape index (κ1) is 15.5. The van der Waals surface area contributed by atoms with Gasteiger partial charge < -0.3 is 15.2 Å². The third-order valence-corrected chi connectivity index (χ3v) is 4.62. The maximum atomic E-state index is 6.02. The molecule has 0 amide bonds. The summed E-state index contributed by atoms with van der Waals surface area (Å²) in [5, 5.41) is 0. The summed E-state index contributed by atoms with van der Waals surface area (Å²) in [6.45, 7) is 3.14. The predicted molar refractivity (Wildman–Crippen MR) is 84.6 cm³/mol. The molecule has 0 aliphatic carbocycles. The van der Waals surface area contributed by atoms with Gasteiger partial charge in [0, 0.05) is 24.4 Å². The molecule has 2 atom stereocenters. The van der Waals surface area contributed by atoms with Gasteiger partial charge in [-0.05, 0) is 37.4 Å². The average molecular weight is 296 g/mol. The largest absolute Gasteiger partial charge is 0.454 e. The van der Waals surface area contributed by atoms with E-state index in [1.54, 1.807) is 0 Å². The van der Waals surface area contributed by atoms with Gasteiger partial charge in [-0.25, -0.2) is 0 Å². The van der Waals surface area contributed by atoms with Crippen LogP contribution in [0.5, 0.6) is 11.5 Å². The van der Waals surface area contributed by atoms with Crippen LogP contribution in [0.3, 0.4) is 0 Å². The molecule has 1 aliphatic heterocycles. The predicted octanol–water partition coefficient (Wildman–Crippen LogP) is 2.49. The molecule has 5 heteroatoms. The highest BCUT2D eigenvalue weighted by Gasteiger charge is 2.24. The molecule has 0 radical (unpaired) electrons. The summed E-state index contributed by atoms with van der Waals surface area (Å²) in [7, 11) is 2.16. The van der Waals surface area contributed by atoms with E-state index in [0.717, 1.165) is 23.7 Å². The maximum absolute atomic E-state index is 6.02. The Morgan fingerprint density at radius 1 is 1.35 bits per heavy atom. The van der Waals surface area contributed by atoms with E-state index < -0.39 is 0 Å². The van der Waals surface area contributed by atoms with Crippen molar-refractivity contribution in [2.45, 2.75) is 25.4 Å². The lowest BCUT2D eigenvalue weighted by atomic mass is 10.0. The molecule has 0 aromatic heterocycles. The summed E-state index contributed by atoms with van der Waals surface area (Å²) in [4.78, 5) is 2.38. The van der Waals surface area contributed by atoms with E-state index in [-0.39, 0.29) is 6.04 Å². The van der Waals surface area contributed by atoms with Gasteiger partial charge in [0.25, 0.3) is 0 Å². The van der Waals surface area contributed by atoms with Gasteiger partial charge in [0.05, 0.1) is 0 Å². The third kappa shape index (κ3) is 3.22. The molecule has 20 heavy (non-hydrogen) atoms. The molecule has 2 rings (SSSR count). The minimum absolute atomic E-state index is 0.210. The Kier molecular flexibility index (Phi) is 5.57. The molecule has 112 valence electrons. The van der Waals surface area contributed by atoms with E-state index >= 15 is 0 Å². The van der Waals surface area contributed by atoms with Crippen molar-refractivity contribution < 1.29 is 9.47 Å². The number of hydrogen-bond acceptors (Lipinski definition) is 5. The van der Waals surface area contributed by atoms with Gasteiger partial charge in [0.15, 0.2) is 11.5 Å². The molecule has 1 heterocycles. The number of nitrogens with two attached hydrogens (primary N) is 1. The molecule has 0 saturated heterocycles. The summed E-state index contributed by atoms with van der Waals surface area (Å²) < 4.78 is 10.8. The van der Waals surface area contributed by atoms with Gasteiger partial charge >= 0.3 is 0 Å². The Balaban J connectivity index is 2.18. The summed E-state index contributed by atoms with van der Waals surface area (Å²) in [5.74, 6) is 2.77. The smallest absolute Gasteiger partial charge is 0.231 e. The molecular formula is C15H24N2O2S. The van der Waals surface area contributed by atoms with Crippen LogP contribution in [-0.4, -0.2) is 43.3 Å². The molecule has 0 saturated carbocycles. The van der Waals surface area contributed by atoms with Gasteiger partial charge in [-0.1, -0.05) is 13.0 Å². The van der Waals surface area contributed by atoms with Crippen LogP contribution in [0.15, 0.2) is 18.2 Å². The molecule has 1 aromatic rings. The number of likely N-dealkylation sites (N-methyl/N-ethyl adjacent to an activating group) is 1. The lowest BCUT2D eigenvalue weighted by Gasteiger charge is -2.34. The van der Waals surface area contributed by atoms with Crippen LogP contribution in [-0.2, 0) is 0 Å². The second kappa shape index (κ2) is 7.20. The molecule has 1 aliphatic rings. The standard InChI is InChI=1S/C15H24N2O2S/c1-4-12(9-20-3)17(2)13(8-16)11-5-6-14-15(7-11)19-10-18-14/h5-7,12-13H,4,8-10,16H2,1-3H3. The van der Waals surface area contributed by atoms with Gasteiger partial charge in [0.1, 0.15) is 0 Å². The van der Waals surface area contributed by atoms with E-state index in [2.05, 4.69) is 37.3 Å². The zero-order valence-electron chi connectivity index (χ0n) is 12.5. The fraction of sp³-hybridized carbons (Fsp3) is 0.600. The van der Waals surface area contributed by atoms with Gasteiger partial charge in [-0.15, -0.1) is 0 Å². The van der Waals surface area contributed by atoms with Crippen molar-refractivity contribution in [2.24, 2.45) is 5.73 Å². The van der Waals surface area contributed by atoms with Gasteiger partial charge in [0.2, 0.25) is 6.79 Å². The summed E-state index contributed by atoms with van der Waals surface area (Å²) in [5.41, 5.74) is 7.21. The van der Waals surface area contributed by atoms with Crippen LogP contribution in [0.2, 0.25) is 0 Å². The maximum Gasteiger partial charge on any atom is 0.231 e. The van der Waals surface area contributed by atoms with Crippen molar-refractivity contribution in [2.75, 3.05) is 32.4 Å². The van der Waals surface area contributed by atoms with Crippen molar-refractivity contribution in [1.29, 1.82) is 0 Å². The quantitative estimate of drug-likeness (QED) is 0.837. The molecule has 4 nitrogen and oxygen atoms in total. The minimum atomic E-state index is 0.210. The van der Waals surface area contributed by atoms with E-state index in [1.165, 1.54) is 5.56 Å². The first-order valence-corrected chi connectivity index (χ1v) is 8.41. The number of nitrogens with zero attached hydrogens (tertiary/aromatic N) is 1. The molecule has 0 spiro atoms. The highest BCUT2D eigenvalue weighted by atomic mass is 32.2. The Morgan fingerprint density at radius 2 is 2.10 bits per heavy atom. The molecule has 0 bridgehead atoms. The van der Waals surface area contributed by atoms with Gasteiger partial charge in [-0.3, -0.25) is 4.90 Å². The van der Waals surface area contributed by atoms with Crippen LogP contribution >= 0.6 is 11.8 Å². The molecular weight excluding hydrogens is 272 g/mol. The lowest BCUT2D eigenvalue weighted by molar-refractivity contribution is 0.173. The average Bonchev–Trinajstić information content (AvgIpc) is 2.93. The van der Waals surface area contributed by atoms with E-state index in [4.69, 9.17) is 15.2 Å². The zero-order valence-corrected chi connectivity index (χ0v) is 13.3. The Morgan fingerprint density at radius 3 is 2.75 bits per heavy atom. The normalized spacial score (nSPS) is 16.4. The van der Waals surface area contributed by atoms with Crippen LogP contribution in [0, 0.1) is 0 Å². The first-order valence-electron chi connectivity index (χ1n) is 7.01. The summed E-state index contributed by atoms with van der Waals surface area (Å²) in [6.07, 6.45) is 3.27. The Bertz CT molecular complexity index is 442. The number of thioether (sulfide) groups is 1. The van der Waals surface area contributed by atoms with Crippen LogP contribution in [0.4, 0.5) is 0 Å². The van der Waals surface area contributed by atoms with E-state index in [1.807, 2.05) is 17.8 Å². The number of rotatable bonds is 7. The third-order valence-electron chi connectivity index (χ3n) is 3.90. The zero-order chi connectivity index (χ0) is 14.5. The monoisotopic (exact) mass is 296 g/mol. The fourth-order valence-corrected chi connectivity index (χ4v) is 3.48. The Labute approximate surface area is 125 Å².